The van der Waals surface area contributed by atoms with Gasteiger partial charge in [0.2, 0.25) is 0 Å². The molecule has 2 aromatic rings. The summed E-state index contributed by atoms with van der Waals surface area (Å²) in [6.07, 6.45) is 9.81. The maximum Gasteiger partial charge on any atom is 0.305 e. The average molecular weight is 455 g/mol. The summed E-state index contributed by atoms with van der Waals surface area (Å²) in [5, 5.41) is 13.0. The summed E-state index contributed by atoms with van der Waals surface area (Å²) in [7, 11) is 0. The number of aryl methyl sites for hydroxylation is 1. The van der Waals surface area contributed by atoms with E-state index in [4.69, 9.17) is 0 Å². The van der Waals surface area contributed by atoms with Crippen LogP contribution in [0.4, 0.5) is 5.69 Å². The van der Waals surface area contributed by atoms with E-state index in [9.17, 15) is 14.7 Å². The van der Waals surface area contributed by atoms with Crippen LogP contribution in [0, 0.1) is 12.8 Å². The first kappa shape index (κ1) is 25.0. The Kier molecular flexibility index (Phi) is 8.67. The van der Waals surface area contributed by atoms with E-state index in [0.29, 0.717) is 18.5 Å². The molecule has 7 heteroatoms. The number of carbonyl (C=O) groups is 1. The molecule has 33 heavy (non-hydrogen) atoms. The van der Waals surface area contributed by atoms with Crippen LogP contribution >= 0.6 is 0 Å². The minimum absolute atomic E-state index is 0.0278. The van der Waals surface area contributed by atoms with Gasteiger partial charge in [-0.3, -0.25) is 14.6 Å². The number of hydrogen-bond acceptors (Lipinski definition) is 5. The molecule has 1 fully saturated rings. The van der Waals surface area contributed by atoms with Gasteiger partial charge in [0.1, 0.15) is 0 Å². The molecule has 3 rings (SSSR count). The van der Waals surface area contributed by atoms with Crippen molar-refractivity contribution in [3.05, 3.63) is 58.3 Å². The zero-order valence-electron chi connectivity index (χ0n) is 20.3. The molecule has 180 valence electrons. The summed E-state index contributed by atoms with van der Waals surface area (Å²) in [5.41, 5.74) is 2.82. The van der Waals surface area contributed by atoms with Crippen molar-refractivity contribution in [1.82, 2.24) is 14.9 Å². The lowest BCUT2D eigenvalue weighted by Gasteiger charge is -2.35. The molecule has 1 saturated heterocycles. The molecule has 3 heterocycles. The molecule has 7 nitrogen and oxygen atoms in total. The fourth-order valence-corrected chi connectivity index (χ4v) is 4.76. The topological polar surface area (TPSA) is 87.5 Å². The van der Waals surface area contributed by atoms with Crippen molar-refractivity contribution in [2.24, 2.45) is 5.92 Å². The van der Waals surface area contributed by atoms with E-state index in [-0.39, 0.29) is 24.1 Å². The molecular weight excluding hydrogens is 416 g/mol. The van der Waals surface area contributed by atoms with Crippen LogP contribution in [0.5, 0.6) is 0 Å². The summed E-state index contributed by atoms with van der Waals surface area (Å²) in [4.78, 5) is 31.1. The molecule has 0 radical (unpaired) electrons. The number of piperidine rings is 1. The lowest BCUT2D eigenvalue weighted by molar-refractivity contribution is -0.137. The van der Waals surface area contributed by atoms with Crippen LogP contribution < -0.4 is 15.8 Å². The molecule has 2 N–H and O–H groups in total. The summed E-state index contributed by atoms with van der Waals surface area (Å²) >= 11 is 0. The maximum absolute atomic E-state index is 12.6. The van der Waals surface area contributed by atoms with Crippen LogP contribution in [0.25, 0.3) is 0 Å². The highest BCUT2D eigenvalue weighted by molar-refractivity contribution is 5.68. The Morgan fingerprint density at radius 3 is 2.73 bits per heavy atom. The van der Waals surface area contributed by atoms with Crippen LogP contribution in [0.2, 0.25) is 0 Å². The normalized spacial score (nSPS) is 18.3. The van der Waals surface area contributed by atoms with Gasteiger partial charge >= 0.3 is 5.97 Å². The maximum atomic E-state index is 12.6. The second-order valence-corrected chi connectivity index (χ2v) is 9.81. The number of nitrogens with zero attached hydrogens (tertiary/aromatic N) is 3. The predicted molar refractivity (Wildman–Crippen MR) is 132 cm³/mol. The Morgan fingerprint density at radius 2 is 2.06 bits per heavy atom. The van der Waals surface area contributed by atoms with Gasteiger partial charge in [-0.05, 0) is 68.7 Å². The molecule has 1 aliphatic heterocycles. The van der Waals surface area contributed by atoms with Crippen LogP contribution in [-0.2, 0) is 4.79 Å². The monoisotopic (exact) mass is 454 g/mol. The number of rotatable bonds is 10. The number of pyridine rings is 2. The fraction of sp³-hybridized carbons (Fsp3) is 0.577. The highest BCUT2D eigenvalue weighted by atomic mass is 16.4. The third-order valence-corrected chi connectivity index (χ3v) is 6.50. The van der Waals surface area contributed by atoms with E-state index in [1.807, 2.05) is 25.4 Å². The predicted octanol–water partition coefficient (Wildman–Crippen LogP) is 4.32. The Balaban J connectivity index is 1.83. The molecule has 0 spiro atoms. The standard InChI is InChI=1S/C26H38N4O3/c1-18(2)11-22(30-10-8-19(3)12-25(30)31)17-28-24(14-26(32)33)21-13-23(16-27-15-21)29-9-6-5-7-20(29)4/h8,10,12-13,15-16,18,20,22,24,28H,5-7,9,11,14,17H2,1-4H3,(H,32,33)/t20-,22?,24+/m0/s1. The highest BCUT2D eigenvalue weighted by Gasteiger charge is 2.23. The van der Waals surface area contributed by atoms with Gasteiger partial charge in [0.25, 0.3) is 5.56 Å². The summed E-state index contributed by atoms with van der Waals surface area (Å²) < 4.78 is 1.77. The first-order valence-electron chi connectivity index (χ1n) is 12.1. The van der Waals surface area contributed by atoms with Gasteiger partial charge in [-0.15, -0.1) is 0 Å². The van der Waals surface area contributed by atoms with Crippen LogP contribution in [0.3, 0.4) is 0 Å². The zero-order valence-corrected chi connectivity index (χ0v) is 20.3. The van der Waals surface area contributed by atoms with Gasteiger partial charge < -0.3 is 19.9 Å². The number of hydrogen-bond donors (Lipinski definition) is 2. The molecule has 0 bridgehead atoms. The SMILES string of the molecule is Cc1ccn(C(CN[C@H](CC(=O)O)c2cncc(N3CCCC[C@@H]3C)c2)CC(C)C)c(=O)c1. The molecule has 0 amide bonds. The minimum atomic E-state index is -0.864. The van der Waals surface area contributed by atoms with Crippen molar-refractivity contribution < 1.29 is 9.90 Å². The fourth-order valence-electron chi connectivity index (χ4n) is 4.76. The summed E-state index contributed by atoms with van der Waals surface area (Å²) in [6.45, 7) is 9.91. The van der Waals surface area contributed by atoms with Gasteiger partial charge in [0.05, 0.1) is 18.3 Å². The molecule has 0 aliphatic carbocycles. The third-order valence-electron chi connectivity index (χ3n) is 6.50. The molecule has 0 aromatic carbocycles. The van der Waals surface area contributed by atoms with Gasteiger partial charge in [-0.25, -0.2) is 0 Å². The smallest absolute Gasteiger partial charge is 0.305 e. The molecular formula is C26H38N4O3. The Hall–Kier alpha value is -2.67. The summed E-state index contributed by atoms with van der Waals surface area (Å²) in [5.74, 6) is -0.467. The van der Waals surface area contributed by atoms with Gasteiger partial charge in [-0.1, -0.05) is 13.8 Å². The van der Waals surface area contributed by atoms with E-state index in [2.05, 4.69) is 42.0 Å². The second-order valence-electron chi connectivity index (χ2n) is 9.81. The van der Waals surface area contributed by atoms with Gasteiger partial charge in [0, 0.05) is 49.7 Å². The first-order chi connectivity index (χ1) is 15.7. The summed E-state index contributed by atoms with van der Waals surface area (Å²) in [6, 6.07) is 5.67. The highest BCUT2D eigenvalue weighted by Crippen LogP contribution is 2.27. The average Bonchev–Trinajstić information content (AvgIpc) is 2.76. The Bertz CT molecular complexity index is 987. The largest absolute Gasteiger partial charge is 0.481 e. The lowest BCUT2D eigenvalue weighted by atomic mass is 10.00. The molecule has 1 aliphatic rings. The van der Waals surface area contributed by atoms with Crippen molar-refractivity contribution in [3.8, 4) is 0 Å². The van der Waals surface area contributed by atoms with E-state index in [1.165, 1.54) is 6.42 Å². The van der Waals surface area contributed by atoms with Crippen molar-refractivity contribution in [3.63, 3.8) is 0 Å². The number of nitrogens with one attached hydrogen (secondary N) is 1. The third kappa shape index (κ3) is 6.90. The van der Waals surface area contributed by atoms with Crippen molar-refractivity contribution in [1.29, 1.82) is 0 Å². The molecule has 1 unspecified atom stereocenters. The van der Waals surface area contributed by atoms with E-state index < -0.39 is 5.97 Å². The van der Waals surface area contributed by atoms with Crippen LogP contribution in [0.15, 0.2) is 41.6 Å². The van der Waals surface area contributed by atoms with Gasteiger partial charge in [0.15, 0.2) is 0 Å². The quantitative estimate of drug-likeness (QED) is 0.556. The molecule has 0 saturated carbocycles. The second kappa shape index (κ2) is 11.5. The van der Waals surface area contributed by atoms with E-state index >= 15 is 0 Å². The number of aliphatic carboxylic acids is 1. The molecule has 3 atom stereocenters. The Morgan fingerprint density at radius 1 is 1.27 bits per heavy atom. The minimum Gasteiger partial charge on any atom is -0.481 e. The number of anilines is 1. The van der Waals surface area contributed by atoms with E-state index in [1.54, 1.807) is 16.8 Å². The Labute approximate surface area is 196 Å². The lowest BCUT2D eigenvalue weighted by Crippen LogP contribution is -2.38. The molecule has 2 aromatic heterocycles. The van der Waals surface area contributed by atoms with Crippen LogP contribution in [-0.4, -0.2) is 39.8 Å². The number of carboxylic acid groups (broad SMARTS) is 1. The van der Waals surface area contributed by atoms with Crippen molar-refractivity contribution in [2.45, 2.75) is 77.9 Å². The van der Waals surface area contributed by atoms with Crippen LogP contribution in [0.1, 0.15) is 76.1 Å². The first-order valence-corrected chi connectivity index (χ1v) is 12.1. The van der Waals surface area contributed by atoms with E-state index in [0.717, 1.165) is 42.6 Å². The van der Waals surface area contributed by atoms with Crippen molar-refractivity contribution >= 4 is 11.7 Å². The number of aromatic nitrogens is 2. The van der Waals surface area contributed by atoms with Gasteiger partial charge in [-0.2, -0.15) is 0 Å². The number of carboxylic acids is 1. The van der Waals surface area contributed by atoms with Crippen molar-refractivity contribution in [2.75, 3.05) is 18.0 Å². The zero-order chi connectivity index (χ0) is 24.0.